The highest BCUT2D eigenvalue weighted by molar-refractivity contribution is 6.30. The largest absolute Gasteiger partial charge is 0.490 e. The summed E-state index contributed by atoms with van der Waals surface area (Å²) in [5.41, 5.74) is 0.631. The van der Waals surface area contributed by atoms with Crippen molar-refractivity contribution in [2.75, 3.05) is 40.0 Å². The average Bonchev–Trinajstić information content (AvgIpc) is 3.12. The van der Waals surface area contributed by atoms with E-state index in [9.17, 15) is 0 Å². The molecule has 0 unspecified atom stereocenters. The molecule has 8 heteroatoms. The van der Waals surface area contributed by atoms with Crippen LogP contribution in [0.25, 0.3) is 0 Å². The monoisotopic (exact) mass is 471 g/mol. The van der Waals surface area contributed by atoms with Crippen LogP contribution < -0.4 is 9.47 Å². The van der Waals surface area contributed by atoms with Crippen molar-refractivity contribution in [3.8, 4) is 11.5 Å². The first-order valence-corrected chi connectivity index (χ1v) is 11.3. The number of rotatable bonds is 9. The van der Waals surface area contributed by atoms with Crippen LogP contribution in [-0.4, -0.2) is 60.1 Å². The van der Waals surface area contributed by atoms with Crippen LogP contribution >= 0.6 is 11.6 Å². The van der Waals surface area contributed by atoms with Crippen molar-refractivity contribution < 1.29 is 18.9 Å². The lowest BCUT2D eigenvalue weighted by Crippen LogP contribution is -2.50. The molecule has 1 aliphatic heterocycles. The summed E-state index contributed by atoms with van der Waals surface area (Å²) < 4.78 is 25.6. The average molecular weight is 472 g/mol. The van der Waals surface area contributed by atoms with Gasteiger partial charge in [0.25, 0.3) is 0 Å². The van der Waals surface area contributed by atoms with E-state index in [1.54, 1.807) is 19.4 Å². The van der Waals surface area contributed by atoms with E-state index in [1.165, 1.54) is 5.56 Å². The summed E-state index contributed by atoms with van der Waals surface area (Å²) in [6.45, 7) is 4.23. The molecule has 0 N–H and O–H groups in total. The van der Waals surface area contributed by atoms with Crippen LogP contribution in [0, 0.1) is 0 Å². The van der Waals surface area contributed by atoms with E-state index in [2.05, 4.69) is 22.0 Å². The third-order valence-corrected chi connectivity index (χ3v) is 6.01. The van der Waals surface area contributed by atoms with E-state index in [4.69, 9.17) is 30.5 Å². The number of nitrogens with zero attached hydrogens (tertiary/aromatic N) is 3. The molecule has 0 amide bonds. The van der Waals surface area contributed by atoms with Crippen molar-refractivity contribution >= 4 is 11.6 Å². The summed E-state index contributed by atoms with van der Waals surface area (Å²) in [5.74, 6) is 2.43. The zero-order chi connectivity index (χ0) is 23.1. The Morgan fingerprint density at radius 2 is 1.97 bits per heavy atom. The Bertz CT molecular complexity index is 1030. The van der Waals surface area contributed by atoms with E-state index < -0.39 is 5.60 Å². The van der Waals surface area contributed by atoms with Gasteiger partial charge < -0.3 is 23.5 Å². The maximum absolute atomic E-state index is 6.08. The lowest BCUT2D eigenvalue weighted by Gasteiger charge is -2.34. The molecule has 1 fully saturated rings. The fraction of sp³-hybridized carbons (Fsp3) is 0.400. The zero-order valence-corrected chi connectivity index (χ0v) is 19.8. The third kappa shape index (κ3) is 6.48. The number of benzene rings is 2. The summed E-state index contributed by atoms with van der Waals surface area (Å²) >= 11 is 6.08. The number of hydrogen-bond acceptors (Lipinski definition) is 6. The normalized spacial score (nSPS) is 19.2. The van der Waals surface area contributed by atoms with Crippen LogP contribution in [-0.2, 0) is 29.7 Å². The van der Waals surface area contributed by atoms with E-state index in [0.717, 1.165) is 30.4 Å². The quantitative estimate of drug-likeness (QED) is 0.471. The van der Waals surface area contributed by atoms with Crippen molar-refractivity contribution in [3.05, 3.63) is 77.3 Å². The molecular weight excluding hydrogens is 442 g/mol. The number of halogens is 1. The van der Waals surface area contributed by atoms with Crippen LogP contribution in [0.15, 0.2) is 60.9 Å². The van der Waals surface area contributed by atoms with Crippen LogP contribution in [0.4, 0.5) is 0 Å². The molecule has 1 atom stereocenters. The van der Waals surface area contributed by atoms with Crippen molar-refractivity contribution in [3.63, 3.8) is 0 Å². The first kappa shape index (κ1) is 23.6. The summed E-state index contributed by atoms with van der Waals surface area (Å²) in [6.07, 6.45) is 3.68. The molecule has 2 aromatic carbocycles. The molecule has 176 valence electrons. The highest BCUT2D eigenvalue weighted by atomic mass is 35.5. The van der Waals surface area contributed by atoms with Crippen LogP contribution in [0.2, 0.25) is 5.02 Å². The molecular formula is C25H30ClN3O4. The topological polar surface area (TPSA) is 58.0 Å². The summed E-state index contributed by atoms with van der Waals surface area (Å²) in [4.78, 5) is 6.62. The minimum Gasteiger partial charge on any atom is -0.490 e. The number of methoxy groups -OCH3 is 1. The lowest BCUT2D eigenvalue weighted by molar-refractivity contribution is -0.0925. The Morgan fingerprint density at radius 3 is 2.70 bits per heavy atom. The second-order valence-electron chi connectivity index (χ2n) is 8.28. The van der Waals surface area contributed by atoms with Gasteiger partial charge in [-0.1, -0.05) is 29.8 Å². The van der Waals surface area contributed by atoms with Gasteiger partial charge in [-0.05, 0) is 35.9 Å². The SMILES string of the molecule is CO[C@]1(COc2cccc(Cl)c2)COCCN(Cc2ccc(OCc3nccn3C)cc2)C1. The van der Waals surface area contributed by atoms with E-state index >= 15 is 0 Å². The number of aryl methyl sites for hydroxylation is 1. The van der Waals surface area contributed by atoms with Gasteiger partial charge in [-0.2, -0.15) is 0 Å². The second kappa shape index (κ2) is 11.0. The molecule has 0 radical (unpaired) electrons. The molecule has 4 rings (SSSR count). The number of imidazole rings is 1. The number of ether oxygens (including phenoxy) is 4. The van der Waals surface area contributed by atoms with Gasteiger partial charge in [-0.3, -0.25) is 4.90 Å². The maximum Gasteiger partial charge on any atom is 0.146 e. The fourth-order valence-electron chi connectivity index (χ4n) is 3.79. The van der Waals surface area contributed by atoms with Gasteiger partial charge in [-0.25, -0.2) is 4.98 Å². The molecule has 33 heavy (non-hydrogen) atoms. The van der Waals surface area contributed by atoms with Gasteiger partial charge in [0.05, 0.1) is 13.2 Å². The molecule has 0 spiro atoms. The Morgan fingerprint density at radius 1 is 1.12 bits per heavy atom. The van der Waals surface area contributed by atoms with Crippen molar-refractivity contribution in [2.45, 2.75) is 18.8 Å². The van der Waals surface area contributed by atoms with E-state index in [0.29, 0.717) is 38.0 Å². The zero-order valence-electron chi connectivity index (χ0n) is 19.1. The Labute approximate surface area is 199 Å². The van der Waals surface area contributed by atoms with Gasteiger partial charge in [-0.15, -0.1) is 0 Å². The molecule has 1 aliphatic rings. The lowest BCUT2D eigenvalue weighted by atomic mass is 10.1. The van der Waals surface area contributed by atoms with E-state index in [-0.39, 0.29) is 0 Å². The summed E-state index contributed by atoms with van der Waals surface area (Å²) in [5, 5.41) is 0.644. The van der Waals surface area contributed by atoms with Gasteiger partial charge in [0.15, 0.2) is 0 Å². The Hall–Kier alpha value is -2.58. The molecule has 7 nitrogen and oxygen atoms in total. The maximum atomic E-state index is 6.08. The minimum absolute atomic E-state index is 0.375. The van der Waals surface area contributed by atoms with Gasteiger partial charge in [0.2, 0.25) is 0 Å². The summed E-state index contributed by atoms with van der Waals surface area (Å²) in [7, 11) is 3.67. The first-order valence-electron chi connectivity index (χ1n) is 11.0. The predicted molar refractivity (Wildman–Crippen MR) is 127 cm³/mol. The van der Waals surface area contributed by atoms with Crippen molar-refractivity contribution in [1.82, 2.24) is 14.5 Å². The fourth-order valence-corrected chi connectivity index (χ4v) is 3.97. The van der Waals surface area contributed by atoms with Crippen LogP contribution in [0.3, 0.4) is 0 Å². The molecule has 0 bridgehead atoms. The Kier molecular flexibility index (Phi) is 7.88. The molecule has 1 aromatic heterocycles. The third-order valence-electron chi connectivity index (χ3n) is 5.78. The first-order chi connectivity index (χ1) is 16.0. The van der Waals surface area contributed by atoms with Gasteiger partial charge in [0.1, 0.15) is 36.1 Å². The number of aromatic nitrogens is 2. The van der Waals surface area contributed by atoms with Crippen molar-refractivity contribution in [1.29, 1.82) is 0 Å². The van der Waals surface area contributed by atoms with Crippen LogP contribution in [0.1, 0.15) is 11.4 Å². The van der Waals surface area contributed by atoms with Gasteiger partial charge >= 0.3 is 0 Å². The molecule has 2 heterocycles. The standard InChI is InChI=1S/C25H30ClN3O4/c1-28-11-10-27-24(28)16-32-22-8-6-20(7-9-22)15-29-12-13-31-18-25(17-29,30-2)19-33-23-5-3-4-21(26)14-23/h3-11,14H,12-13,15-19H2,1-2H3/t25-/m0/s1. The Balaban J connectivity index is 1.35. The smallest absolute Gasteiger partial charge is 0.146 e. The van der Waals surface area contributed by atoms with E-state index in [1.807, 2.05) is 48.1 Å². The molecule has 1 saturated heterocycles. The minimum atomic E-state index is -0.566. The molecule has 0 saturated carbocycles. The highest BCUT2D eigenvalue weighted by Gasteiger charge is 2.36. The van der Waals surface area contributed by atoms with Crippen LogP contribution in [0.5, 0.6) is 11.5 Å². The van der Waals surface area contributed by atoms with Gasteiger partial charge in [0, 0.05) is 51.2 Å². The predicted octanol–water partition coefficient (Wildman–Crippen LogP) is 3.95. The highest BCUT2D eigenvalue weighted by Crippen LogP contribution is 2.23. The summed E-state index contributed by atoms with van der Waals surface area (Å²) in [6, 6.07) is 15.6. The van der Waals surface area contributed by atoms with Crippen molar-refractivity contribution in [2.24, 2.45) is 7.05 Å². The number of hydrogen-bond donors (Lipinski definition) is 0. The molecule has 0 aliphatic carbocycles. The molecule has 3 aromatic rings. The second-order valence-corrected chi connectivity index (χ2v) is 8.72.